The van der Waals surface area contributed by atoms with Crippen molar-refractivity contribution in [3.63, 3.8) is 0 Å². The molecule has 0 unspecified atom stereocenters. The van der Waals surface area contributed by atoms with Gasteiger partial charge in [-0.2, -0.15) is 0 Å². The minimum atomic E-state index is -0.200. The lowest BCUT2D eigenvalue weighted by atomic mass is 10.1. The van der Waals surface area contributed by atoms with Gasteiger partial charge in [-0.25, -0.2) is 0 Å². The van der Waals surface area contributed by atoms with Crippen molar-refractivity contribution in [3.8, 4) is 0 Å². The first-order chi connectivity index (χ1) is 11.4. The number of amides is 1. The molecule has 0 heterocycles. The fourth-order valence-electron chi connectivity index (χ4n) is 2.35. The molecule has 2 rings (SSSR count). The fraction of sp³-hybridized carbons (Fsp3) is 0.222. The van der Waals surface area contributed by atoms with Crippen LogP contribution in [0.25, 0.3) is 0 Å². The first-order valence-electron chi connectivity index (χ1n) is 7.39. The smallest absolute Gasteiger partial charge is 0.221 e. The van der Waals surface area contributed by atoms with Gasteiger partial charge in [-0.1, -0.05) is 45.7 Å². The van der Waals surface area contributed by atoms with Crippen molar-refractivity contribution < 1.29 is 9.59 Å². The molecular weight excluding hydrogens is 392 g/mol. The van der Waals surface area contributed by atoms with Crippen LogP contribution in [0, 0.1) is 0 Å². The van der Waals surface area contributed by atoms with E-state index in [1.807, 2.05) is 30.1 Å². The number of carbonyl (C=O) groups is 2. The van der Waals surface area contributed by atoms with E-state index in [1.165, 1.54) is 6.92 Å². The highest BCUT2D eigenvalue weighted by Gasteiger charge is 2.15. The standard InChI is InChI=1S/C18H18BrClN2O2/c1-12(23)21-17-6-4-3-5-15(17)18(24)11-22(2)10-13-7-8-14(20)9-16(13)19/h3-9H,10-11H2,1-2H3,(H,21,23). The van der Waals surface area contributed by atoms with Gasteiger partial charge < -0.3 is 5.32 Å². The molecule has 0 aliphatic rings. The van der Waals surface area contributed by atoms with E-state index in [9.17, 15) is 9.59 Å². The first kappa shape index (κ1) is 18.6. The summed E-state index contributed by atoms with van der Waals surface area (Å²) in [5.74, 6) is -0.249. The molecule has 2 aromatic rings. The number of hydrogen-bond acceptors (Lipinski definition) is 3. The van der Waals surface area contributed by atoms with Crippen molar-refractivity contribution in [1.29, 1.82) is 0 Å². The Morgan fingerprint density at radius 3 is 2.58 bits per heavy atom. The molecule has 4 nitrogen and oxygen atoms in total. The highest BCUT2D eigenvalue weighted by molar-refractivity contribution is 9.10. The zero-order chi connectivity index (χ0) is 17.7. The van der Waals surface area contributed by atoms with Gasteiger partial charge in [-0.3, -0.25) is 14.5 Å². The third-order valence-electron chi connectivity index (χ3n) is 3.41. The SMILES string of the molecule is CC(=O)Nc1ccccc1C(=O)CN(C)Cc1ccc(Cl)cc1Br. The molecule has 0 aliphatic heterocycles. The van der Waals surface area contributed by atoms with E-state index in [-0.39, 0.29) is 18.2 Å². The summed E-state index contributed by atoms with van der Waals surface area (Å²) in [6.45, 7) is 2.27. The van der Waals surface area contributed by atoms with Crippen LogP contribution >= 0.6 is 27.5 Å². The van der Waals surface area contributed by atoms with Crippen molar-refractivity contribution in [1.82, 2.24) is 4.90 Å². The largest absolute Gasteiger partial charge is 0.326 e. The fourth-order valence-corrected chi connectivity index (χ4v) is 3.16. The van der Waals surface area contributed by atoms with Gasteiger partial charge in [-0.15, -0.1) is 0 Å². The Balaban J connectivity index is 2.08. The zero-order valence-electron chi connectivity index (χ0n) is 13.5. The molecule has 0 spiro atoms. The maximum absolute atomic E-state index is 12.6. The van der Waals surface area contributed by atoms with Crippen LogP contribution in [0.1, 0.15) is 22.8 Å². The van der Waals surface area contributed by atoms with Gasteiger partial charge in [0.1, 0.15) is 0 Å². The maximum atomic E-state index is 12.6. The summed E-state index contributed by atoms with van der Waals surface area (Å²) in [7, 11) is 1.87. The lowest BCUT2D eigenvalue weighted by molar-refractivity contribution is -0.114. The van der Waals surface area contributed by atoms with Crippen LogP contribution in [0.3, 0.4) is 0 Å². The van der Waals surface area contributed by atoms with E-state index in [0.29, 0.717) is 22.8 Å². The summed E-state index contributed by atoms with van der Waals surface area (Å²) >= 11 is 9.43. The molecule has 0 saturated carbocycles. The number of para-hydroxylation sites is 1. The molecule has 6 heteroatoms. The minimum absolute atomic E-state index is 0.0491. The van der Waals surface area contributed by atoms with Crippen LogP contribution in [-0.2, 0) is 11.3 Å². The molecule has 24 heavy (non-hydrogen) atoms. The van der Waals surface area contributed by atoms with Crippen molar-refractivity contribution in [2.75, 3.05) is 18.9 Å². The number of carbonyl (C=O) groups excluding carboxylic acids is 2. The van der Waals surface area contributed by atoms with E-state index >= 15 is 0 Å². The minimum Gasteiger partial charge on any atom is -0.326 e. The molecule has 1 amide bonds. The van der Waals surface area contributed by atoms with Crippen LogP contribution in [0.4, 0.5) is 5.69 Å². The van der Waals surface area contributed by atoms with Crippen molar-refractivity contribution in [3.05, 3.63) is 63.1 Å². The Kier molecular flexibility index (Phi) is 6.54. The summed E-state index contributed by atoms with van der Waals surface area (Å²) in [5, 5.41) is 3.35. The van der Waals surface area contributed by atoms with Gasteiger partial charge in [0.05, 0.1) is 12.2 Å². The monoisotopic (exact) mass is 408 g/mol. The molecule has 0 bridgehead atoms. The van der Waals surface area contributed by atoms with E-state index in [1.54, 1.807) is 24.3 Å². The van der Waals surface area contributed by atoms with Gasteiger partial charge in [0.2, 0.25) is 5.91 Å². The molecule has 0 saturated heterocycles. The van der Waals surface area contributed by atoms with Crippen LogP contribution in [-0.4, -0.2) is 30.2 Å². The van der Waals surface area contributed by atoms with E-state index in [0.717, 1.165) is 10.0 Å². The predicted molar refractivity (Wildman–Crippen MR) is 101 cm³/mol. The molecule has 2 aromatic carbocycles. The Morgan fingerprint density at radius 1 is 1.21 bits per heavy atom. The number of Topliss-reactive ketones (excluding diaryl/α,β-unsaturated/α-hetero) is 1. The third kappa shape index (κ3) is 5.16. The van der Waals surface area contributed by atoms with Crippen LogP contribution < -0.4 is 5.32 Å². The second-order valence-electron chi connectivity index (χ2n) is 5.56. The number of nitrogens with zero attached hydrogens (tertiary/aromatic N) is 1. The van der Waals surface area contributed by atoms with Crippen molar-refractivity contribution >= 4 is 44.9 Å². The quantitative estimate of drug-likeness (QED) is 0.721. The predicted octanol–water partition coefficient (Wildman–Crippen LogP) is 4.38. The van der Waals surface area contributed by atoms with Crippen LogP contribution in [0.2, 0.25) is 5.02 Å². The number of nitrogens with one attached hydrogen (secondary N) is 1. The van der Waals surface area contributed by atoms with Gasteiger partial charge in [-0.05, 0) is 36.9 Å². The lowest BCUT2D eigenvalue weighted by Crippen LogP contribution is -2.26. The molecular formula is C18H18BrClN2O2. The van der Waals surface area contributed by atoms with Crippen molar-refractivity contribution in [2.45, 2.75) is 13.5 Å². The Hall–Kier alpha value is -1.69. The summed E-state index contributed by atoms with van der Waals surface area (Å²) < 4.78 is 0.910. The number of benzene rings is 2. The van der Waals surface area contributed by atoms with E-state index in [2.05, 4.69) is 21.2 Å². The average molecular weight is 410 g/mol. The van der Waals surface area contributed by atoms with Gasteiger partial charge in [0.15, 0.2) is 5.78 Å². The Labute approximate surface area is 154 Å². The molecule has 0 fully saturated rings. The Bertz CT molecular complexity index is 764. The van der Waals surface area contributed by atoms with Crippen molar-refractivity contribution in [2.24, 2.45) is 0 Å². The number of halogens is 2. The summed E-state index contributed by atoms with van der Waals surface area (Å²) in [5.41, 5.74) is 2.09. The number of ketones is 1. The number of hydrogen-bond donors (Lipinski definition) is 1. The number of likely N-dealkylation sites (N-methyl/N-ethyl adjacent to an activating group) is 1. The van der Waals surface area contributed by atoms with E-state index < -0.39 is 0 Å². The molecule has 0 aliphatic carbocycles. The molecule has 0 aromatic heterocycles. The lowest BCUT2D eigenvalue weighted by Gasteiger charge is -2.18. The maximum Gasteiger partial charge on any atom is 0.221 e. The summed E-state index contributed by atoms with van der Waals surface area (Å²) in [6.07, 6.45) is 0. The highest BCUT2D eigenvalue weighted by Crippen LogP contribution is 2.23. The van der Waals surface area contributed by atoms with E-state index in [4.69, 9.17) is 11.6 Å². The Morgan fingerprint density at radius 2 is 1.92 bits per heavy atom. The summed E-state index contributed by atoms with van der Waals surface area (Å²) in [4.78, 5) is 25.7. The number of anilines is 1. The molecule has 1 N–H and O–H groups in total. The second-order valence-corrected chi connectivity index (χ2v) is 6.85. The average Bonchev–Trinajstić information content (AvgIpc) is 2.50. The topological polar surface area (TPSA) is 49.4 Å². The number of rotatable bonds is 6. The van der Waals surface area contributed by atoms with Gasteiger partial charge >= 0.3 is 0 Å². The second kappa shape index (κ2) is 8.42. The van der Waals surface area contributed by atoms with Gasteiger partial charge in [0, 0.05) is 28.5 Å². The normalized spacial score (nSPS) is 10.7. The molecule has 126 valence electrons. The molecule has 0 radical (unpaired) electrons. The summed E-state index contributed by atoms with van der Waals surface area (Å²) in [6, 6.07) is 12.6. The van der Waals surface area contributed by atoms with Gasteiger partial charge in [0.25, 0.3) is 0 Å². The zero-order valence-corrected chi connectivity index (χ0v) is 15.8. The first-order valence-corrected chi connectivity index (χ1v) is 8.56. The third-order valence-corrected chi connectivity index (χ3v) is 4.38. The molecule has 0 atom stereocenters. The van der Waals surface area contributed by atoms with Crippen LogP contribution in [0.5, 0.6) is 0 Å². The highest BCUT2D eigenvalue weighted by atomic mass is 79.9. The van der Waals surface area contributed by atoms with Crippen LogP contribution in [0.15, 0.2) is 46.9 Å².